The number of morpholine rings is 1. The van der Waals surface area contributed by atoms with Crippen molar-refractivity contribution in [3.8, 4) is 0 Å². The van der Waals surface area contributed by atoms with Gasteiger partial charge in [-0.3, -0.25) is 0 Å². The van der Waals surface area contributed by atoms with E-state index in [1.165, 1.54) is 31.2 Å². The van der Waals surface area contributed by atoms with E-state index in [4.69, 9.17) is 4.74 Å². The molecule has 1 N–H and O–H groups in total. The molecular weight excluding hydrogens is 314 g/mol. The molecule has 0 radical (unpaired) electrons. The first kappa shape index (κ1) is 14.6. The quantitative estimate of drug-likeness (QED) is 0.817. The zero-order valence-corrected chi connectivity index (χ0v) is 13.9. The third-order valence-electron chi connectivity index (χ3n) is 4.96. The van der Waals surface area contributed by atoms with Gasteiger partial charge in [0.25, 0.3) is 0 Å². The number of hydrogen-bond acceptors (Lipinski definition) is 2. The van der Waals surface area contributed by atoms with Crippen LogP contribution in [0.2, 0.25) is 0 Å². The van der Waals surface area contributed by atoms with Crippen molar-refractivity contribution < 1.29 is 4.74 Å². The number of ether oxygens (including phenoxy) is 1. The van der Waals surface area contributed by atoms with Crippen LogP contribution in [0.4, 0.5) is 0 Å². The minimum atomic E-state index is 0.174. The molecule has 1 saturated heterocycles. The Morgan fingerprint density at radius 1 is 1.15 bits per heavy atom. The highest BCUT2D eigenvalue weighted by Crippen LogP contribution is 2.38. The summed E-state index contributed by atoms with van der Waals surface area (Å²) in [4.78, 5) is 0. The molecule has 3 heteroatoms. The molecular formula is C17H24BrNO. The Hall–Kier alpha value is -0.380. The van der Waals surface area contributed by atoms with Crippen molar-refractivity contribution in [2.24, 2.45) is 5.92 Å². The molecule has 110 valence electrons. The first-order valence-corrected chi connectivity index (χ1v) is 8.52. The molecule has 2 fully saturated rings. The average Bonchev–Trinajstić information content (AvgIpc) is 2.44. The topological polar surface area (TPSA) is 21.3 Å². The van der Waals surface area contributed by atoms with Gasteiger partial charge in [-0.05, 0) is 56.2 Å². The molecule has 2 nitrogen and oxygen atoms in total. The monoisotopic (exact) mass is 337 g/mol. The molecule has 1 spiro atoms. The maximum Gasteiger partial charge on any atom is 0.0976 e. The molecule has 1 aliphatic carbocycles. The van der Waals surface area contributed by atoms with Crippen LogP contribution in [0.1, 0.15) is 51.2 Å². The fraction of sp³-hybridized carbons (Fsp3) is 0.647. The van der Waals surface area contributed by atoms with E-state index in [0.717, 1.165) is 17.0 Å². The number of halogens is 1. The molecule has 1 aromatic rings. The van der Waals surface area contributed by atoms with Crippen molar-refractivity contribution >= 4 is 15.9 Å². The van der Waals surface area contributed by atoms with Crippen molar-refractivity contribution in [2.75, 3.05) is 6.61 Å². The van der Waals surface area contributed by atoms with Crippen molar-refractivity contribution in [3.63, 3.8) is 0 Å². The minimum Gasteiger partial charge on any atom is -0.370 e. The fourth-order valence-electron chi connectivity index (χ4n) is 3.63. The first-order chi connectivity index (χ1) is 9.58. The molecule has 2 atom stereocenters. The Balaban J connectivity index is 1.69. The van der Waals surface area contributed by atoms with Gasteiger partial charge in [-0.1, -0.05) is 35.0 Å². The second kappa shape index (κ2) is 5.78. The van der Waals surface area contributed by atoms with Crippen LogP contribution in [0.25, 0.3) is 0 Å². The maximum absolute atomic E-state index is 6.27. The van der Waals surface area contributed by atoms with Gasteiger partial charge in [-0.2, -0.15) is 0 Å². The van der Waals surface area contributed by atoms with E-state index >= 15 is 0 Å². The van der Waals surface area contributed by atoms with Crippen LogP contribution in [-0.4, -0.2) is 18.2 Å². The number of nitrogens with one attached hydrogen (secondary N) is 1. The molecule has 1 heterocycles. The summed E-state index contributed by atoms with van der Waals surface area (Å²) in [5, 5.41) is 3.88. The van der Waals surface area contributed by atoms with Gasteiger partial charge in [-0.15, -0.1) is 0 Å². The van der Waals surface area contributed by atoms with Crippen LogP contribution in [0.5, 0.6) is 0 Å². The van der Waals surface area contributed by atoms with Crippen LogP contribution in [-0.2, 0) is 4.74 Å². The van der Waals surface area contributed by atoms with Gasteiger partial charge in [0, 0.05) is 16.1 Å². The lowest BCUT2D eigenvalue weighted by Crippen LogP contribution is -2.60. The summed E-state index contributed by atoms with van der Waals surface area (Å²) < 4.78 is 7.39. The van der Waals surface area contributed by atoms with E-state index in [2.05, 4.69) is 59.4 Å². The highest BCUT2D eigenvalue weighted by molar-refractivity contribution is 9.10. The number of hydrogen-bond donors (Lipinski definition) is 1. The highest BCUT2D eigenvalue weighted by Gasteiger charge is 2.41. The Bertz CT molecular complexity index is 451. The van der Waals surface area contributed by atoms with E-state index in [1.54, 1.807) is 0 Å². The second-order valence-corrected chi connectivity index (χ2v) is 7.59. The van der Waals surface area contributed by atoms with Crippen molar-refractivity contribution in [1.82, 2.24) is 5.32 Å². The SMILES string of the molecule is CC1CCC2(CC1)COC(c1ccc(Br)cc1)C(C)N2. The summed E-state index contributed by atoms with van der Waals surface area (Å²) in [6.45, 7) is 5.47. The van der Waals surface area contributed by atoms with E-state index in [-0.39, 0.29) is 11.6 Å². The highest BCUT2D eigenvalue weighted by atomic mass is 79.9. The molecule has 1 aromatic carbocycles. The molecule has 0 amide bonds. The van der Waals surface area contributed by atoms with Crippen molar-refractivity contribution in [1.29, 1.82) is 0 Å². The zero-order valence-electron chi connectivity index (χ0n) is 12.4. The van der Waals surface area contributed by atoms with Gasteiger partial charge in [-0.25, -0.2) is 0 Å². The summed E-state index contributed by atoms with van der Waals surface area (Å²) >= 11 is 3.49. The largest absolute Gasteiger partial charge is 0.370 e. The van der Waals surface area contributed by atoms with Crippen LogP contribution in [0.15, 0.2) is 28.7 Å². The lowest BCUT2D eigenvalue weighted by molar-refractivity contribution is -0.0746. The van der Waals surface area contributed by atoms with Crippen LogP contribution < -0.4 is 5.32 Å². The van der Waals surface area contributed by atoms with Crippen LogP contribution in [0, 0.1) is 5.92 Å². The predicted molar refractivity (Wildman–Crippen MR) is 85.8 cm³/mol. The van der Waals surface area contributed by atoms with Crippen molar-refractivity contribution in [2.45, 2.75) is 57.2 Å². The minimum absolute atomic E-state index is 0.174. The van der Waals surface area contributed by atoms with Gasteiger partial charge in [0.15, 0.2) is 0 Å². The normalized spacial score (nSPS) is 38.0. The van der Waals surface area contributed by atoms with E-state index < -0.39 is 0 Å². The summed E-state index contributed by atoms with van der Waals surface area (Å²) in [5.41, 5.74) is 1.50. The average molecular weight is 338 g/mol. The lowest BCUT2D eigenvalue weighted by Gasteiger charge is -2.48. The van der Waals surface area contributed by atoms with Gasteiger partial charge < -0.3 is 10.1 Å². The molecule has 20 heavy (non-hydrogen) atoms. The standard InChI is InChI=1S/C17H24BrNO/c1-12-7-9-17(10-8-12)11-20-16(13(2)19-17)14-3-5-15(18)6-4-14/h3-6,12-13,16,19H,7-11H2,1-2H3. The molecule has 3 rings (SSSR count). The van der Waals surface area contributed by atoms with E-state index in [1.807, 2.05) is 0 Å². The molecule has 1 saturated carbocycles. The second-order valence-electron chi connectivity index (χ2n) is 6.68. The Morgan fingerprint density at radius 2 is 1.80 bits per heavy atom. The Kier molecular flexibility index (Phi) is 4.21. The lowest BCUT2D eigenvalue weighted by atomic mass is 9.76. The molecule has 0 bridgehead atoms. The smallest absolute Gasteiger partial charge is 0.0976 e. The first-order valence-electron chi connectivity index (χ1n) is 7.73. The van der Waals surface area contributed by atoms with E-state index in [0.29, 0.717) is 6.04 Å². The third-order valence-corrected chi connectivity index (χ3v) is 5.49. The summed E-state index contributed by atoms with van der Waals surface area (Å²) in [5.74, 6) is 0.877. The Morgan fingerprint density at radius 3 is 2.40 bits per heavy atom. The zero-order chi connectivity index (χ0) is 14.2. The third kappa shape index (κ3) is 2.95. The van der Waals surface area contributed by atoms with Gasteiger partial charge in [0.2, 0.25) is 0 Å². The van der Waals surface area contributed by atoms with Crippen LogP contribution in [0.3, 0.4) is 0 Å². The summed E-state index contributed by atoms with van der Waals surface area (Å²) in [7, 11) is 0. The number of rotatable bonds is 1. The molecule has 1 aliphatic heterocycles. The summed E-state index contributed by atoms with van der Waals surface area (Å²) in [6, 6.07) is 8.89. The fourth-order valence-corrected chi connectivity index (χ4v) is 3.90. The van der Waals surface area contributed by atoms with Gasteiger partial charge in [0.05, 0.1) is 12.7 Å². The molecule has 2 aliphatic rings. The Labute approximate surface area is 130 Å². The van der Waals surface area contributed by atoms with Crippen LogP contribution >= 0.6 is 15.9 Å². The van der Waals surface area contributed by atoms with Gasteiger partial charge >= 0.3 is 0 Å². The molecule has 2 unspecified atom stereocenters. The molecule has 0 aromatic heterocycles. The van der Waals surface area contributed by atoms with Crippen molar-refractivity contribution in [3.05, 3.63) is 34.3 Å². The maximum atomic E-state index is 6.27. The summed E-state index contributed by atoms with van der Waals surface area (Å²) in [6.07, 6.45) is 5.34. The van der Waals surface area contributed by atoms with Gasteiger partial charge in [0.1, 0.15) is 0 Å². The van der Waals surface area contributed by atoms with E-state index in [9.17, 15) is 0 Å². The number of benzene rings is 1. The predicted octanol–water partition coefficient (Wildman–Crippen LogP) is 4.45.